The average Bonchev–Trinajstić information content (AvgIpc) is 3.04. The number of hydrogen-bond acceptors (Lipinski definition) is 5. The summed E-state index contributed by atoms with van der Waals surface area (Å²) in [4.78, 5) is 15.7. The lowest BCUT2D eigenvalue weighted by atomic mass is 10.1. The van der Waals surface area contributed by atoms with E-state index in [2.05, 4.69) is 17.1 Å². The molecule has 3 heterocycles. The number of fused-ring (bicyclic) bond motifs is 1. The molecule has 1 fully saturated rings. The number of rotatable bonds is 2. The number of nitrogens with two attached hydrogens (primary N) is 1. The normalized spacial score (nSPS) is 19.2. The van der Waals surface area contributed by atoms with Gasteiger partial charge in [0.25, 0.3) is 5.91 Å². The maximum atomic E-state index is 12.5. The minimum absolute atomic E-state index is 0.0384. The standard InChI is InChI=1S/C13H16N4OS/c1-2-8-4-6-17(7-8)13(18)11-10(14)9-3-5-15-16-12(9)19-11/h3,5,8H,2,4,6-7,14H2,1H3. The molecular weight excluding hydrogens is 260 g/mol. The van der Waals surface area contributed by atoms with Crippen molar-refractivity contribution in [3.05, 3.63) is 17.1 Å². The Bertz CT molecular complexity index is 624. The van der Waals surface area contributed by atoms with E-state index in [-0.39, 0.29) is 5.91 Å². The van der Waals surface area contributed by atoms with Crippen LogP contribution in [0.1, 0.15) is 29.4 Å². The topological polar surface area (TPSA) is 72.1 Å². The van der Waals surface area contributed by atoms with Crippen molar-refractivity contribution in [1.29, 1.82) is 0 Å². The summed E-state index contributed by atoms with van der Waals surface area (Å²) in [6.07, 6.45) is 3.81. The molecule has 6 heteroatoms. The zero-order valence-corrected chi connectivity index (χ0v) is 11.6. The number of hydrogen-bond donors (Lipinski definition) is 1. The highest BCUT2D eigenvalue weighted by Gasteiger charge is 2.28. The smallest absolute Gasteiger partial charge is 0.266 e. The first-order chi connectivity index (χ1) is 9.20. The number of amides is 1. The molecule has 1 saturated heterocycles. The van der Waals surface area contributed by atoms with Gasteiger partial charge in [0.05, 0.1) is 11.9 Å². The number of carbonyl (C=O) groups is 1. The lowest BCUT2D eigenvalue weighted by Gasteiger charge is -2.15. The van der Waals surface area contributed by atoms with Gasteiger partial charge in [0, 0.05) is 18.5 Å². The monoisotopic (exact) mass is 276 g/mol. The maximum absolute atomic E-state index is 12.5. The van der Waals surface area contributed by atoms with Gasteiger partial charge in [0.15, 0.2) is 0 Å². The van der Waals surface area contributed by atoms with Crippen molar-refractivity contribution < 1.29 is 4.79 Å². The number of thiophene rings is 1. The molecule has 0 bridgehead atoms. The Morgan fingerprint density at radius 2 is 2.47 bits per heavy atom. The van der Waals surface area contributed by atoms with E-state index in [4.69, 9.17) is 5.73 Å². The zero-order valence-electron chi connectivity index (χ0n) is 10.8. The van der Waals surface area contributed by atoms with Crippen LogP contribution in [-0.2, 0) is 0 Å². The Labute approximate surface area is 115 Å². The van der Waals surface area contributed by atoms with Crippen LogP contribution in [0.25, 0.3) is 10.2 Å². The average molecular weight is 276 g/mol. The minimum atomic E-state index is 0.0384. The van der Waals surface area contributed by atoms with Crippen LogP contribution in [0.2, 0.25) is 0 Å². The van der Waals surface area contributed by atoms with Crippen LogP contribution >= 0.6 is 11.3 Å². The van der Waals surface area contributed by atoms with Gasteiger partial charge in [0.2, 0.25) is 0 Å². The van der Waals surface area contributed by atoms with Crippen LogP contribution in [0.4, 0.5) is 5.69 Å². The van der Waals surface area contributed by atoms with Gasteiger partial charge in [-0.1, -0.05) is 13.3 Å². The van der Waals surface area contributed by atoms with Crippen molar-refractivity contribution in [2.75, 3.05) is 18.8 Å². The summed E-state index contributed by atoms with van der Waals surface area (Å²) in [6.45, 7) is 3.84. The molecule has 2 N–H and O–H groups in total. The quantitative estimate of drug-likeness (QED) is 0.912. The highest BCUT2D eigenvalue weighted by Crippen LogP contribution is 2.33. The molecule has 3 rings (SSSR count). The number of anilines is 1. The molecule has 19 heavy (non-hydrogen) atoms. The minimum Gasteiger partial charge on any atom is -0.397 e. The summed E-state index contributed by atoms with van der Waals surface area (Å²) < 4.78 is 0. The molecule has 0 aliphatic carbocycles. The van der Waals surface area contributed by atoms with E-state index in [0.717, 1.165) is 36.1 Å². The van der Waals surface area contributed by atoms with Crippen molar-refractivity contribution in [2.24, 2.45) is 5.92 Å². The fourth-order valence-electron chi connectivity index (χ4n) is 2.53. The SMILES string of the molecule is CCC1CCN(C(=O)c2sc3nnccc3c2N)C1. The van der Waals surface area contributed by atoms with Crippen LogP contribution in [0.15, 0.2) is 12.3 Å². The van der Waals surface area contributed by atoms with Crippen LogP contribution in [0.3, 0.4) is 0 Å². The van der Waals surface area contributed by atoms with Crippen molar-refractivity contribution in [3.8, 4) is 0 Å². The number of nitrogen functional groups attached to an aromatic ring is 1. The van der Waals surface area contributed by atoms with Crippen molar-refractivity contribution in [1.82, 2.24) is 15.1 Å². The van der Waals surface area contributed by atoms with Gasteiger partial charge in [-0.25, -0.2) is 0 Å². The third-order valence-electron chi connectivity index (χ3n) is 3.77. The van der Waals surface area contributed by atoms with Crippen molar-refractivity contribution >= 4 is 33.1 Å². The van der Waals surface area contributed by atoms with Gasteiger partial charge < -0.3 is 10.6 Å². The number of likely N-dealkylation sites (tertiary alicyclic amines) is 1. The summed E-state index contributed by atoms with van der Waals surface area (Å²) in [5.41, 5.74) is 6.61. The third kappa shape index (κ3) is 2.06. The molecule has 0 aromatic carbocycles. The van der Waals surface area contributed by atoms with Gasteiger partial charge >= 0.3 is 0 Å². The predicted molar refractivity (Wildman–Crippen MR) is 76.1 cm³/mol. The first-order valence-corrected chi connectivity index (χ1v) is 7.31. The molecule has 100 valence electrons. The van der Waals surface area contributed by atoms with E-state index < -0.39 is 0 Å². The summed E-state index contributed by atoms with van der Waals surface area (Å²) in [5.74, 6) is 0.663. The highest BCUT2D eigenvalue weighted by molar-refractivity contribution is 7.21. The second-order valence-corrected chi connectivity index (χ2v) is 5.91. The van der Waals surface area contributed by atoms with Gasteiger partial charge in [-0.2, -0.15) is 5.10 Å². The molecule has 1 amide bonds. The van der Waals surface area contributed by atoms with Crippen molar-refractivity contribution in [2.45, 2.75) is 19.8 Å². The molecule has 2 aromatic rings. The Morgan fingerprint density at radius 1 is 1.63 bits per heavy atom. The zero-order chi connectivity index (χ0) is 13.4. The maximum Gasteiger partial charge on any atom is 0.266 e. The summed E-state index contributed by atoms with van der Waals surface area (Å²) >= 11 is 1.34. The molecule has 2 aromatic heterocycles. The number of aromatic nitrogens is 2. The first kappa shape index (κ1) is 12.3. The fraction of sp³-hybridized carbons (Fsp3) is 0.462. The van der Waals surface area contributed by atoms with Gasteiger partial charge in [-0.15, -0.1) is 16.4 Å². The largest absolute Gasteiger partial charge is 0.397 e. The molecule has 0 saturated carbocycles. The van der Waals surface area contributed by atoms with Gasteiger partial charge in [-0.3, -0.25) is 4.79 Å². The summed E-state index contributed by atoms with van der Waals surface area (Å²) in [7, 11) is 0. The van der Waals surface area contributed by atoms with E-state index in [1.807, 2.05) is 11.0 Å². The Balaban J connectivity index is 1.92. The van der Waals surface area contributed by atoms with E-state index in [1.54, 1.807) is 6.20 Å². The molecule has 0 spiro atoms. The first-order valence-electron chi connectivity index (χ1n) is 6.49. The Hall–Kier alpha value is -1.69. The van der Waals surface area contributed by atoms with Crippen LogP contribution in [0, 0.1) is 5.92 Å². The molecule has 1 unspecified atom stereocenters. The summed E-state index contributed by atoms with van der Waals surface area (Å²) in [6, 6.07) is 1.81. The number of nitrogens with zero attached hydrogens (tertiary/aromatic N) is 3. The van der Waals surface area contributed by atoms with Gasteiger partial charge in [0.1, 0.15) is 9.71 Å². The molecule has 1 aliphatic rings. The van der Waals surface area contributed by atoms with E-state index in [1.165, 1.54) is 11.3 Å². The predicted octanol–water partition coefficient (Wildman–Crippen LogP) is 2.15. The highest BCUT2D eigenvalue weighted by atomic mass is 32.1. The second-order valence-electron chi connectivity index (χ2n) is 4.91. The Morgan fingerprint density at radius 3 is 3.16 bits per heavy atom. The van der Waals surface area contributed by atoms with E-state index in [9.17, 15) is 4.79 Å². The molecular formula is C13H16N4OS. The Kier molecular flexibility index (Phi) is 3.10. The van der Waals surface area contributed by atoms with Crippen LogP contribution in [-0.4, -0.2) is 34.1 Å². The molecule has 5 nitrogen and oxygen atoms in total. The van der Waals surface area contributed by atoms with E-state index >= 15 is 0 Å². The summed E-state index contributed by atoms with van der Waals surface area (Å²) in [5, 5.41) is 8.68. The lowest BCUT2D eigenvalue weighted by Crippen LogP contribution is -2.28. The molecule has 1 atom stereocenters. The number of carbonyl (C=O) groups excluding carboxylic acids is 1. The third-order valence-corrected chi connectivity index (χ3v) is 4.86. The fourth-order valence-corrected chi connectivity index (χ4v) is 3.53. The van der Waals surface area contributed by atoms with Gasteiger partial charge in [-0.05, 0) is 18.4 Å². The molecule has 1 aliphatic heterocycles. The van der Waals surface area contributed by atoms with Crippen molar-refractivity contribution in [3.63, 3.8) is 0 Å². The lowest BCUT2D eigenvalue weighted by molar-refractivity contribution is 0.0792. The molecule has 0 radical (unpaired) electrons. The van der Waals surface area contributed by atoms with Crippen LogP contribution < -0.4 is 5.73 Å². The van der Waals surface area contributed by atoms with Crippen LogP contribution in [0.5, 0.6) is 0 Å². The van der Waals surface area contributed by atoms with E-state index in [0.29, 0.717) is 16.5 Å². The second kappa shape index (κ2) is 4.77.